The van der Waals surface area contributed by atoms with Gasteiger partial charge in [0.2, 0.25) is 5.91 Å². The van der Waals surface area contributed by atoms with Gasteiger partial charge in [-0.05, 0) is 43.9 Å². The second kappa shape index (κ2) is 10.8. The Morgan fingerprint density at radius 3 is 2.73 bits per heavy atom. The maximum Gasteiger partial charge on any atom is 0.317 e. The van der Waals surface area contributed by atoms with Crippen molar-refractivity contribution < 1.29 is 9.59 Å². The van der Waals surface area contributed by atoms with Crippen LogP contribution in [0.25, 0.3) is 0 Å². The van der Waals surface area contributed by atoms with Gasteiger partial charge < -0.3 is 15.5 Å². The molecule has 1 aliphatic heterocycles. The van der Waals surface area contributed by atoms with Crippen LogP contribution in [-0.2, 0) is 11.3 Å². The molecule has 2 N–H and O–H groups in total. The van der Waals surface area contributed by atoms with E-state index in [4.69, 9.17) is 0 Å². The molecule has 3 amide bonds. The number of nitrogens with zero attached hydrogens (tertiary/aromatic N) is 2. The molecule has 1 aromatic carbocycles. The third-order valence-corrected chi connectivity index (χ3v) is 5.62. The lowest BCUT2D eigenvalue weighted by atomic mass is 9.88. The maximum atomic E-state index is 13.0. The number of rotatable bonds is 7. The van der Waals surface area contributed by atoms with E-state index >= 15 is 0 Å². The number of aryl methyl sites for hydroxylation is 1. The minimum atomic E-state index is -0.216. The summed E-state index contributed by atoms with van der Waals surface area (Å²) >= 11 is 0. The summed E-state index contributed by atoms with van der Waals surface area (Å²) in [5, 5.41) is 6.01. The summed E-state index contributed by atoms with van der Waals surface area (Å²) in [6.45, 7) is 5.64. The van der Waals surface area contributed by atoms with E-state index in [9.17, 15) is 9.59 Å². The number of amides is 3. The molecule has 1 aromatic heterocycles. The number of carbonyl (C=O) groups excluding carboxylic acids is 2. The lowest BCUT2D eigenvalue weighted by Gasteiger charge is -2.39. The van der Waals surface area contributed by atoms with Crippen molar-refractivity contribution in [1.82, 2.24) is 20.5 Å². The Balaban J connectivity index is 1.68. The van der Waals surface area contributed by atoms with Crippen LogP contribution in [0.3, 0.4) is 0 Å². The number of pyridine rings is 1. The van der Waals surface area contributed by atoms with Crippen LogP contribution in [0.1, 0.15) is 55.5 Å². The van der Waals surface area contributed by atoms with E-state index in [1.807, 2.05) is 29.2 Å². The van der Waals surface area contributed by atoms with Gasteiger partial charge in [-0.1, -0.05) is 49.2 Å². The molecule has 0 aliphatic carbocycles. The van der Waals surface area contributed by atoms with Gasteiger partial charge >= 0.3 is 6.03 Å². The summed E-state index contributed by atoms with van der Waals surface area (Å²) in [6.07, 6.45) is 5.22. The van der Waals surface area contributed by atoms with Crippen LogP contribution in [0.5, 0.6) is 0 Å². The quantitative estimate of drug-likeness (QED) is 0.681. The van der Waals surface area contributed by atoms with Crippen LogP contribution in [-0.4, -0.2) is 34.9 Å². The molecule has 1 fully saturated rings. The first-order valence-electron chi connectivity index (χ1n) is 10.9. The highest BCUT2D eigenvalue weighted by atomic mass is 16.2. The largest absolute Gasteiger partial charge is 0.350 e. The fourth-order valence-electron chi connectivity index (χ4n) is 3.93. The predicted molar refractivity (Wildman–Crippen MR) is 118 cm³/mol. The van der Waals surface area contributed by atoms with E-state index in [1.165, 1.54) is 5.56 Å². The van der Waals surface area contributed by atoms with Crippen molar-refractivity contribution >= 4 is 11.9 Å². The Labute approximate surface area is 179 Å². The molecule has 6 heteroatoms. The minimum absolute atomic E-state index is 0.00799. The number of nitrogens with one attached hydrogen (secondary N) is 2. The van der Waals surface area contributed by atoms with Crippen molar-refractivity contribution in [2.45, 2.75) is 52.1 Å². The molecule has 30 heavy (non-hydrogen) atoms. The van der Waals surface area contributed by atoms with Crippen molar-refractivity contribution in [3.05, 3.63) is 65.5 Å². The summed E-state index contributed by atoms with van der Waals surface area (Å²) in [5.74, 6) is -0.235. The number of hydrogen-bond donors (Lipinski definition) is 2. The van der Waals surface area contributed by atoms with E-state index in [-0.39, 0.29) is 23.9 Å². The number of carbonyl (C=O) groups is 2. The van der Waals surface area contributed by atoms with Gasteiger partial charge in [-0.3, -0.25) is 9.78 Å². The van der Waals surface area contributed by atoms with E-state index in [1.54, 1.807) is 6.20 Å². The van der Waals surface area contributed by atoms with E-state index in [2.05, 4.69) is 47.7 Å². The summed E-state index contributed by atoms with van der Waals surface area (Å²) in [4.78, 5) is 31.9. The second-order valence-corrected chi connectivity index (χ2v) is 7.98. The Morgan fingerprint density at radius 1 is 1.13 bits per heavy atom. The lowest BCUT2D eigenvalue weighted by molar-refractivity contribution is -0.127. The molecule has 0 bridgehead atoms. The third-order valence-electron chi connectivity index (χ3n) is 5.62. The molecule has 0 saturated carbocycles. The number of likely N-dealkylation sites (tertiary alicyclic amines) is 1. The Hall–Kier alpha value is -2.89. The number of unbranched alkanes of at least 4 members (excludes halogenated alkanes) is 1. The lowest BCUT2D eigenvalue weighted by Crippen LogP contribution is -2.50. The van der Waals surface area contributed by atoms with Gasteiger partial charge in [0.15, 0.2) is 0 Å². The van der Waals surface area contributed by atoms with Gasteiger partial charge in [-0.15, -0.1) is 0 Å². The summed E-state index contributed by atoms with van der Waals surface area (Å²) in [5.41, 5.74) is 3.13. The number of piperidine rings is 1. The highest BCUT2D eigenvalue weighted by Gasteiger charge is 2.35. The van der Waals surface area contributed by atoms with Crippen molar-refractivity contribution in [2.24, 2.45) is 5.92 Å². The normalized spacial score (nSPS) is 18.7. The first-order valence-corrected chi connectivity index (χ1v) is 10.9. The molecule has 160 valence electrons. The number of hydrogen-bond acceptors (Lipinski definition) is 3. The van der Waals surface area contributed by atoms with Crippen LogP contribution in [0.4, 0.5) is 4.79 Å². The maximum absolute atomic E-state index is 13.0. The topological polar surface area (TPSA) is 74.3 Å². The number of urea groups is 1. The minimum Gasteiger partial charge on any atom is -0.350 e. The van der Waals surface area contributed by atoms with Crippen LogP contribution in [0.15, 0.2) is 48.7 Å². The van der Waals surface area contributed by atoms with Crippen LogP contribution in [0, 0.1) is 12.8 Å². The number of benzene rings is 1. The van der Waals surface area contributed by atoms with Gasteiger partial charge in [-0.25, -0.2) is 4.79 Å². The molecular weight excluding hydrogens is 376 g/mol. The van der Waals surface area contributed by atoms with Gasteiger partial charge in [-0.2, -0.15) is 0 Å². The second-order valence-electron chi connectivity index (χ2n) is 7.98. The first-order chi connectivity index (χ1) is 14.6. The van der Waals surface area contributed by atoms with Gasteiger partial charge in [0.1, 0.15) is 0 Å². The first kappa shape index (κ1) is 21.8. The molecule has 2 atom stereocenters. The Bertz CT molecular complexity index is 840. The summed E-state index contributed by atoms with van der Waals surface area (Å²) < 4.78 is 0. The average Bonchev–Trinajstić information content (AvgIpc) is 2.78. The highest BCUT2D eigenvalue weighted by molar-refractivity contribution is 5.81. The zero-order chi connectivity index (χ0) is 21.3. The molecule has 1 saturated heterocycles. The highest BCUT2D eigenvalue weighted by Crippen LogP contribution is 2.34. The van der Waals surface area contributed by atoms with Crippen LogP contribution >= 0.6 is 0 Å². The predicted octanol–water partition coefficient (Wildman–Crippen LogP) is 3.97. The average molecular weight is 409 g/mol. The third kappa shape index (κ3) is 5.81. The molecule has 2 unspecified atom stereocenters. The molecule has 2 aromatic rings. The summed E-state index contributed by atoms with van der Waals surface area (Å²) in [6, 6.07) is 13.9. The van der Waals surface area contributed by atoms with Crippen LogP contribution in [0.2, 0.25) is 0 Å². The molecule has 0 spiro atoms. The van der Waals surface area contributed by atoms with Crippen molar-refractivity contribution in [1.29, 1.82) is 0 Å². The van der Waals surface area contributed by atoms with Crippen molar-refractivity contribution in [3.63, 3.8) is 0 Å². The molecule has 0 radical (unpaired) electrons. The zero-order valence-electron chi connectivity index (χ0n) is 17.9. The summed E-state index contributed by atoms with van der Waals surface area (Å²) in [7, 11) is 0. The van der Waals surface area contributed by atoms with E-state index in [0.717, 1.165) is 36.9 Å². The molecule has 2 heterocycles. The van der Waals surface area contributed by atoms with Gasteiger partial charge in [0, 0.05) is 19.3 Å². The standard InChI is InChI=1S/C24H32N4O2/c1-3-4-13-26-24(30)28-17-20(23(29)27-16-21-10-5-6-14-25-21)11-12-22(28)19-9-7-8-18(2)15-19/h5-10,14-15,20,22H,3-4,11-13,16-17H2,1-2H3,(H,26,30)(H,27,29). The number of aromatic nitrogens is 1. The van der Waals surface area contributed by atoms with E-state index in [0.29, 0.717) is 19.6 Å². The van der Waals surface area contributed by atoms with E-state index < -0.39 is 0 Å². The van der Waals surface area contributed by atoms with Crippen molar-refractivity contribution in [2.75, 3.05) is 13.1 Å². The Kier molecular flexibility index (Phi) is 7.82. The molecule has 3 rings (SSSR count). The van der Waals surface area contributed by atoms with Crippen molar-refractivity contribution in [3.8, 4) is 0 Å². The van der Waals surface area contributed by atoms with Gasteiger partial charge in [0.25, 0.3) is 0 Å². The SMILES string of the molecule is CCCCNC(=O)N1CC(C(=O)NCc2ccccn2)CCC1c1cccc(C)c1. The zero-order valence-corrected chi connectivity index (χ0v) is 17.9. The smallest absolute Gasteiger partial charge is 0.317 e. The fourth-order valence-corrected chi connectivity index (χ4v) is 3.93. The Morgan fingerprint density at radius 2 is 2.00 bits per heavy atom. The van der Waals surface area contributed by atoms with Crippen LogP contribution < -0.4 is 10.6 Å². The molecule has 1 aliphatic rings. The molecule has 6 nitrogen and oxygen atoms in total. The molecular formula is C24H32N4O2. The monoisotopic (exact) mass is 408 g/mol. The fraction of sp³-hybridized carbons (Fsp3) is 0.458. The van der Waals surface area contributed by atoms with Gasteiger partial charge in [0.05, 0.1) is 24.2 Å².